The number of nitrogens with zero attached hydrogens (tertiary/aromatic N) is 1. The summed E-state index contributed by atoms with van der Waals surface area (Å²) in [7, 11) is 0. The van der Waals surface area contributed by atoms with Crippen molar-refractivity contribution in [2.75, 3.05) is 6.54 Å². The maximum Gasteiger partial charge on any atom is 0.0424 e. The Kier molecular flexibility index (Phi) is 1.48. The molecule has 0 saturated heterocycles. The quantitative estimate of drug-likeness (QED) is 0.408. The fraction of sp³-hybridized carbons (Fsp3) is 0.286. The lowest BCUT2D eigenvalue weighted by Crippen LogP contribution is -1.90. The van der Waals surface area contributed by atoms with Gasteiger partial charge in [-0.2, -0.15) is 0 Å². The first kappa shape index (κ1) is 5.11. The fourth-order valence-corrected chi connectivity index (χ4v) is 0.606. The molecule has 0 aliphatic carbocycles. The SMILES string of the molecule is C#CC1=CCCN=C1. The van der Waals surface area contributed by atoms with E-state index < -0.39 is 0 Å². The van der Waals surface area contributed by atoms with Crippen LogP contribution in [-0.2, 0) is 0 Å². The predicted molar refractivity (Wildman–Crippen MR) is 34.9 cm³/mol. The molecule has 0 amide bonds. The largest absolute Gasteiger partial charge is 0.292 e. The van der Waals surface area contributed by atoms with Gasteiger partial charge in [0.15, 0.2) is 0 Å². The molecule has 0 radical (unpaired) electrons. The second-order valence-electron chi connectivity index (χ2n) is 1.63. The van der Waals surface area contributed by atoms with Gasteiger partial charge in [0, 0.05) is 18.3 Å². The average Bonchev–Trinajstić information content (AvgIpc) is 1.90. The molecule has 1 aliphatic rings. The first-order chi connectivity index (χ1) is 3.93. The van der Waals surface area contributed by atoms with Gasteiger partial charge < -0.3 is 0 Å². The van der Waals surface area contributed by atoms with Crippen LogP contribution in [-0.4, -0.2) is 12.8 Å². The van der Waals surface area contributed by atoms with Gasteiger partial charge in [-0.1, -0.05) is 12.0 Å². The van der Waals surface area contributed by atoms with Crippen molar-refractivity contribution in [2.45, 2.75) is 6.42 Å². The van der Waals surface area contributed by atoms with Gasteiger partial charge in [-0.15, -0.1) is 6.42 Å². The summed E-state index contributed by atoms with van der Waals surface area (Å²) in [5.74, 6) is 2.52. The van der Waals surface area contributed by atoms with E-state index in [0.29, 0.717) is 0 Å². The van der Waals surface area contributed by atoms with Gasteiger partial charge in [0.25, 0.3) is 0 Å². The first-order valence-corrected chi connectivity index (χ1v) is 2.60. The minimum atomic E-state index is 0.894. The molecule has 1 rings (SSSR count). The Balaban J connectivity index is 2.68. The zero-order valence-corrected chi connectivity index (χ0v) is 4.59. The highest BCUT2D eigenvalue weighted by molar-refractivity contribution is 5.84. The van der Waals surface area contributed by atoms with Gasteiger partial charge in [0.1, 0.15) is 0 Å². The topological polar surface area (TPSA) is 12.4 Å². The number of terminal acetylenes is 1. The van der Waals surface area contributed by atoms with Gasteiger partial charge in [0.2, 0.25) is 0 Å². The third-order valence-corrected chi connectivity index (χ3v) is 1.02. The van der Waals surface area contributed by atoms with Crippen LogP contribution in [0, 0.1) is 12.3 Å². The summed E-state index contributed by atoms with van der Waals surface area (Å²) in [6, 6.07) is 0. The molecule has 0 spiro atoms. The molecule has 1 aliphatic heterocycles. The van der Waals surface area contributed by atoms with E-state index in [1.165, 1.54) is 0 Å². The van der Waals surface area contributed by atoms with Crippen LogP contribution in [0.2, 0.25) is 0 Å². The molecule has 0 aromatic heterocycles. The Morgan fingerprint density at radius 3 is 3.00 bits per heavy atom. The third-order valence-electron chi connectivity index (χ3n) is 1.02. The van der Waals surface area contributed by atoms with E-state index in [4.69, 9.17) is 6.42 Å². The van der Waals surface area contributed by atoms with Crippen LogP contribution in [0.4, 0.5) is 0 Å². The summed E-state index contributed by atoms with van der Waals surface area (Å²) in [5, 5.41) is 0. The Hall–Kier alpha value is -1.03. The minimum Gasteiger partial charge on any atom is -0.292 e. The second kappa shape index (κ2) is 2.32. The molecule has 40 valence electrons. The molecule has 0 bridgehead atoms. The fourth-order valence-electron chi connectivity index (χ4n) is 0.606. The highest BCUT2D eigenvalue weighted by Gasteiger charge is 1.90. The standard InChI is InChI=1S/C7H7N/c1-2-7-4-3-5-8-6-7/h1,4,6H,3,5H2. The van der Waals surface area contributed by atoms with Crippen molar-refractivity contribution in [1.82, 2.24) is 0 Å². The van der Waals surface area contributed by atoms with Crippen LogP contribution < -0.4 is 0 Å². The molecule has 1 nitrogen and oxygen atoms in total. The maximum atomic E-state index is 5.09. The summed E-state index contributed by atoms with van der Waals surface area (Å²) in [5.41, 5.74) is 0.913. The van der Waals surface area contributed by atoms with E-state index in [9.17, 15) is 0 Å². The summed E-state index contributed by atoms with van der Waals surface area (Å²) in [6.07, 6.45) is 9.85. The molecule has 0 atom stereocenters. The van der Waals surface area contributed by atoms with Crippen LogP contribution in [0.3, 0.4) is 0 Å². The lowest BCUT2D eigenvalue weighted by Gasteiger charge is -1.96. The monoisotopic (exact) mass is 105 g/mol. The molecule has 8 heavy (non-hydrogen) atoms. The minimum absolute atomic E-state index is 0.894. The number of aliphatic imine (C=N–C) groups is 1. The lowest BCUT2D eigenvalue weighted by molar-refractivity contribution is 0.996. The molecule has 1 heteroatoms. The van der Waals surface area contributed by atoms with E-state index >= 15 is 0 Å². The van der Waals surface area contributed by atoms with Crippen LogP contribution >= 0.6 is 0 Å². The van der Waals surface area contributed by atoms with Gasteiger partial charge >= 0.3 is 0 Å². The number of hydrogen-bond donors (Lipinski definition) is 0. The molecular formula is C7H7N. The van der Waals surface area contributed by atoms with E-state index in [1.54, 1.807) is 6.21 Å². The Bertz CT molecular complexity index is 169. The zero-order chi connectivity index (χ0) is 5.82. The zero-order valence-electron chi connectivity index (χ0n) is 4.59. The summed E-state index contributed by atoms with van der Waals surface area (Å²) in [6.45, 7) is 0.894. The Morgan fingerprint density at radius 2 is 2.62 bits per heavy atom. The molecule has 0 N–H and O–H groups in total. The molecule has 0 saturated carbocycles. The lowest BCUT2D eigenvalue weighted by atomic mass is 10.2. The average molecular weight is 105 g/mol. The molecule has 0 unspecified atom stereocenters. The van der Waals surface area contributed by atoms with Crippen molar-refractivity contribution in [3.05, 3.63) is 11.6 Å². The van der Waals surface area contributed by atoms with Crippen molar-refractivity contribution >= 4 is 6.21 Å². The van der Waals surface area contributed by atoms with Gasteiger partial charge in [-0.05, 0) is 6.42 Å². The Labute approximate surface area is 49.1 Å². The van der Waals surface area contributed by atoms with Crippen molar-refractivity contribution in [2.24, 2.45) is 4.99 Å². The van der Waals surface area contributed by atoms with Crippen LogP contribution in [0.5, 0.6) is 0 Å². The number of dihydropyridines is 1. The van der Waals surface area contributed by atoms with Gasteiger partial charge in [-0.25, -0.2) is 0 Å². The highest BCUT2D eigenvalue weighted by Crippen LogP contribution is 1.97. The van der Waals surface area contributed by atoms with Crippen molar-refractivity contribution in [3.63, 3.8) is 0 Å². The molecular weight excluding hydrogens is 98.1 g/mol. The second-order valence-corrected chi connectivity index (χ2v) is 1.63. The van der Waals surface area contributed by atoms with E-state index in [2.05, 4.69) is 10.9 Å². The van der Waals surface area contributed by atoms with Crippen molar-refractivity contribution < 1.29 is 0 Å². The normalized spacial score (nSPS) is 17.1. The van der Waals surface area contributed by atoms with E-state index in [0.717, 1.165) is 18.5 Å². The van der Waals surface area contributed by atoms with Gasteiger partial charge in [-0.3, -0.25) is 4.99 Å². The van der Waals surface area contributed by atoms with Crippen molar-refractivity contribution in [1.29, 1.82) is 0 Å². The smallest absolute Gasteiger partial charge is 0.0424 e. The third kappa shape index (κ3) is 0.974. The summed E-state index contributed by atoms with van der Waals surface area (Å²) < 4.78 is 0. The van der Waals surface area contributed by atoms with Crippen LogP contribution in [0.15, 0.2) is 16.6 Å². The van der Waals surface area contributed by atoms with E-state index in [1.807, 2.05) is 6.08 Å². The van der Waals surface area contributed by atoms with Crippen molar-refractivity contribution in [3.8, 4) is 12.3 Å². The number of allylic oxidation sites excluding steroid dienone is 1. The molecule has 0 aromatic carbocycles. The summed E-state index contributed by atoms with van der Waals surface area (Å²) in [4.78, 5) is 3.99. The molecule has 0 aromatic rings. The number of hydrogen-bond acceptors (Lipinski definition) is 1. The van der Waals surface area contributed by atoms with Crippen LogP contribution in [0.25, 0.3) is 0 Å². The highest BCUT2D eigenvalue weighted by atomic mass is 14.7. The molecule has 1 heterocycles. The Morgan fingerprint density at radius 1 is 1.75 bits per heavy atom. The number of rotatable bonds is 0. The molecule has 0 fully saturated rings. The first-order valence-electron chi connectivity index (χ1n) is 2.60. The summed E-state index contributed by atoms with van der Waals surface area (Å²) >= 11 is 0. The van der Waals surface area contributed by atoms with Crippen LogP contribution in [0.1, 0.15) is 6.42 Å². The van der Waals surface area contributed by atoms with Gasteiger partial charge in [0.05, 0.1) is 0 Å². The van der Waals surface area contributed by atoms with E-state index in [-0.39, 0.29) is 0 Å². The predicted octanol–water partition coefficient (Wildman–Crippen LogP) is 1.02. The maximum absolute atomic E-state index is 5.09.